The zero-order chi connectivity index (χ0) is 11.4. The summed E-state index contributed by atoms with van der Waals surface area (Å²) >= 11 is 0. The Labute approximate surface area is 83.9 Å². The Bertz CT molecular complexity index is 451. The maximum absolute atomic E-state index is 12.9. The minimum absolute atomic E-state index is 0.0756. The Morgan fingerprint density at radius 2 is 2.20 bits per heavy atom. The van der Waals surface area contributed by atoms with Gasteiger partial charge in [-0.1, -0.05) is 0 Å². The molecule has 1 heterocycles. The zero-order valence-electron chi connectivity index (χ0n) is 8.12. The molecule has 84 valence electrons. The molecule has 0 saturated heterocycles. The average molecular weight is 218 g/mol. The number of hydrogen-bond acceptors (Lipinski definition) is 4. The largest absolute Gasteiger partial charge is 0.492 e. The molecule has 0 fully saturated rings. The number of hydrogen-bond donors (Lipinski definition) is 2. The van der Waals surface area contributed by atoms with Gasteiger partial charge in [-0.25, -0.2) is 4.79 Å². The molecule has 0 amide bonds. The molecule has 7 heteroatoms. The molecule has 1 aromatic rings. The molecular formula is C8H11FN2O4. The van der Waals surface area contributed by atoms with Crippen LogP contribution in [0.2, 0.25) is 0 Å². The maximum Gasteiger partial charge on any atom is 0.331 e. The first-order chi connectivity index (χ1) is 7.07. The number of aromatic amines is 1. The lowest BCUT2D eigenvalue weighted by Crippen LogP contribution is -2.32. The molecule has 1 rings (SSSR count). The van der Waals surface area contributed by atoms with Crippen molar-refractivity contribution in [1.29, 1.82) is 0 Å². The Hall–Kier alpha value is -1.63. The summed E-state index contributed by atoms with van der Waals surface area (Å²) in [5, 5.41) is 9.19. The van der Waals surface area contributed by atoms with Crippen LogP contribution in [0.3, 0.4) is 0 Å². The van der Waals surface area contributed by atoms with E-state index >= 15 is 0 Å². The number of ether oxygens (including phenoxy) is 1. The molecule has 1 aromatic heterocycles. The van der Waals surface area contributed by atoms with Crippen LogP contribution in [0.4, 0.5) is 4.39 Å². The van der Waals surface area contributed by atoms with Gasteiger partial charge in [0.25, 0.3) is 5.56 Å². The van der Waals surface area contributed by atoms with Crippen molar-refractivity contribution >= 4 is 0 Å². The Balaban J connectivity index is 3.02. The van der Waals surface area contributed by atoms with Crippen LogP contribution < -0.4 is 11.2 Å². The third kappa shape index (κ3) is 2.44. The maximum atomic E-state index is 12.9. The van der Waals surface area contributed by atoms with Gasteiger partial charge in [0.1, 0.15) is 0 Å². The van der Waals surface area contributed by atoms with E-state index in [9.17, 15) is 19.1 Å². The normalized spacial score (nSPS) is 10.5. The van der Waals surface area contributed by atoms with Crippen molar-refractivity contribution in [3.8, 4) is 5.88 Å². The molecule has 15 heavy (non-hydrogen) atoms. The van der Waals surface area contributed by atoms with E-state index in [0.717, 1.165) is 4.57 Å². The van der Waals surface area contributed by atoms with E-state index < -0.39 is 22.9 Å². The zero-order valence-corrected chi connectivity index (χ0v) is 8.12. The molecule has 0 saturated carbocycles. The highest BCUT2D eigenvalue weighted by Gasteiger charge is 2.12. The third-order valence-electron chi connectivity index (χ3n) is 1.85. The predicted molar refractivity (Wildman–Crippen MR) is 49.4 cm³/mol. The van der Waals surface area contributed by atoms with Gasteiger partial charge in [-0.2, -0.15) is 4.39 Å². The van der Waals surface area contributed by atoms with Crippen molar-refractivity contribution in [3.05, 3.63) is 26.7 Å². The van der Waals surface area contributed by atoms with Crippen LogP contribution in [0.5, 0.6) is 5.88 Å². The van der Waals surface area contributed by atoms with E-state index in [2.05, 4.69) is 0 Å². The first-order valence-electron chi connectivity index (χ1n) is 4.28. The smallest absolute Gasteiger partial charge is 0.331 e. The molecule has 6 nitrogen and oxygen atoms in total. The molecule has 0 aliphatic heterocycles. The molecule has 2 N–H and O–H groups in total. The number of nitrogens with one attached hydrogen (secondary N) is 1. The second kappa shape index (κ2) is 4.74. The van der Waals surface area contributed by atoms with Gasteiger partial charge in [-0.05, 0) is 6.42 Å². The second-order valence-corrected chi connectivity index (χ2v) is 2.89. The highest BCUT2D eigenvalue weighted by molar-refractivity contribution is 5.09. The fraction of sp³-hybridized carbons (Fsp3) is 0.500. The van der Waals surface area contributed by atoms with Crippen molar-refractivity contribution in [1.82, 2.24) is 9.55 Å². The Kier molecular flexibility index (Phi) is 3.62. The summed E-state index contributed by atoms with van der Waals surface area (Å²) in [6.45, 7) is 0.443. The van der Waals surface area contributed by atoms with Gasteiger partial charge in [0.05, 0.1) is 0 Å². The van der Waals surface area contributed by atoms with Gasteiger partial charge in [0.15, 0.2) is 0 Å². The molecule has 0 bridgehead atoms. The van der Waals surface area contributed by atoms with Crippen LogP contribution in [0, 0.1) is 5.82 Å². The lowest BCUT2D eigenvalue weighted by molar-refractivity contribution is 0.188. The van der Waals surface area contributed by atoms with Crippen LogP contribution >= 0.6 is 0 Å². The molecule has 0 aliphatic rings. The minimum Gasteiger partial charge on any atom is -0.492 e. The van der Waals surface area contributed by atoms with Gasteiger partial charge in [0, 0.05) is 20.3 Å². The number of aromatic nitrogens is 2. The lowest BCUT2D eigenvalue weighted by atomic mass is 10.4. The first kappa shape index (κ1) is 11.4. The van der Waals surface area contributed by atoms with E-state index in [1.807, 2.05) is 0 Å². The monoisotopic (exact) mass is 218 g/mol. The van der Waals surface area contributed by atoms with Crippen molar-refractivity contribution in [3.63, 3.8) is 0 Å². The molecule has 0 spiro atoms. The van der Waals surface area contributed by atoms with E-state index in [1.165, 1.54) is 7.11 Å². The summed E-state index contributed by atoms with van der Waals surface area (Å²) in [6.07, 6.45) is 0.426. The highest BCUT2D eigenvalue weighted by Crippen LogP contribution is 2.07. The van der Waals surface area contributed by atoms with Gasteiger partial charge >= 0.3 is 5.69 Å². The quantitative estimate of drug-likeness (QED) is 0.662. The van der Waals surface area contributed by atoms with Gasteiger partial charge in [0.2, 0.25) is 11.7 Å². The standard InChI is InChI=1S/C8H11FN2O4/c1-15-4-2-3-11-7(13)5(9)6(12)10-8(11)14/h13H,2-4H2,1H3,(H,10,12,14). The third-order valence-corrected chi connectivity index (χ3v) is 1.85. The van der Waals surface area contributed by atoms with Crippen molar-refractivity contribution in [2.75, 3.05) is 13.7 Å². The molecule has 0 aromatic carbocycles. The van der Waals surface area contributed by atoms with Crippen molar-refractivity contribution in [2.24, 2.45) is 0 Å². The summed E-state index contributed by atoms with van der Waals surface area (Å²) < 4.78 is 18.4. The number of aromatic hydroxyl groups is 1. The summed E-state index contributed by atoms with van der Waals surface area (Å²) in [4.78, 5) is 23.6. The van der Waals surface area contributed by atoms with Crippen LogP contribution in [0.15, 0.2) is 9.59 Å². The SMILES string of the molecule is COCCCn1c(O)c(F)c(=O)[nH]c1=O. The van der Waals surface area contributed by atoms with E-state index in [4.69, 9.17) is 4.74 Å². The van der Waals surface area contributed by atoms with Crippen molar-refractivity contribution < 1.29 is 14.2 Å². The summed E-state index contributed by atoms with van der Waals surface area (Å²) in [5.74, 6) is -2.30. The first-order valence-corrected chi connectivity index (χ1v) is 4.28. The predicted octanol–water partition coefficient (Wildman–Crippen LogP) is -0.582. The van der Waals surface area contributed by atoms with Crippen LogP contribution in [0.1, 0.15) is 6.42 Å². The molecular weight excluding hydrogens is 207 g/mol. The molecule has 0 aliphatic carbocycles. The fourth-order valence-corrected chi connectivity index (χ4v) is 1.11. The Morgan fingerprint density at radius 3 is 2.80 bits per heavy atom. The number of methoxy groups -OCH3 is 1. The lowest BCUT2D eigenvalue weighted by Gasteiger charge is -2.06. The van der Waals surface area contributed by atoms with Gasteiger partial charge in [-0.15, -0.1) is 0 Å². The highest BCUT2D eigenvalue weighted by atomic mass is 19.1. The van der Waals surface area contributed by atoms with Gasteiger partial charge in [-0.3, -0.25) is 14.3 Å². The van der Waals surface area contributed by atoms with Crippen LogP contribution in [0.25, 0.3) is 0 Å². The number of nitrogens with zero attached hydrogens (tertiary/aromatic N) is 1. The van der Waals surface area contributed by atoms with E-state index in [-0.39, 0.29) is 6.54 Å². The van der Waals surface area contributed by atoms with Crippen LogP contribution in [-0.2, 0) is 11.3 Å². The molecule has 0 unspecified atom stereocenters. The summed E-state index contributed by atoms with van der Waals surface area (Å²) in [7, 11) is 1.48. The van der Waals surface area contributed by atoms with Gasteiger partial charge < -0.3 is 9.84 Å². The van der Waals surface area contributed by atoms with E-state index in [1.54, 1.807) is 4.98 Å². The Morgan fingerprint density at radius 1 is 1.53 bits per heavy atom. The molecule has 0 radical (unpaired) electrons. The molecule has 0 atom stereocenters. The van der Waals surface area contributed by atoms with Crippen molar-refractivity contribution in [2.45, 2.75) is 13.0 Å². The fourth-order valence-electron chi connectivity index (χ4n) is 1.11. The summed E-state index contributed by atoms with van der Waals surface area (Å²) in [5.41, 5.74) is -2.06. The topological polar surface area (TPSA) is 84.3 Å². The number of H-pyrrole nitrogens is 1. The average Bonchev–Trinajstić information content (AvgIpc) is 2.20. The number of rotatable bonds is 4. The van der Waals surface area contributed by atoms with E-state index in [0.29, 0.717) is 13.0 Å². The minimum atomic E-state index is -1.35. The summed E-state index contributed by atoms with van der Waals surface area (Å²) in [6, 6.07) is 0. The van der Waals surface area contributed by atoms with Crippen LogP contribution in [-0.4, -0.2) is 28.4 Å². The number of halogens is 1. The second-order valence-electron chi connectivity index (χ2n) is 2.89.